The summed E-state index contributed by atoms with van der Waals surface area (Å²) in [6.07, 6.45) is 5.93. The minimum absolute atomic E-state index is 0.173. The van der Waals surface area contributed by atoms with Crippen LogP contribution < -0.4 is 10.9 Å². The molecule has 0 saturated carbocycles. The molecule has 0 aliphatic carbocycles. The van der Waals surface area contributed by atoms with Crippen molar-refractivity contribution >= 4 is 5.91 Å². The summed E-state index contributed by atoms with van der Waals surface area (Å²) >= 11 is 0. The number of pyridine rings is 1. The van der Waals surface area contributed by atoms with Crippen LogP contribution in [0.25, 0.3) is 0 Å². The molecule has 2 N–H and O–H groups in total. The molecule has 2 aliphatic heterocycles. The van der Waals surface area contributed by atoms with Gasteiger partial charge in [0.05, 0.1) is 0 Å². The third kappa shape index (κ3) is 2.30. The van der Waals surface area contributed by atoms with Gasteiger partial charge in [0.2, 0.25) is 0 Å². The van der Waals surface area contributed by atoms with E-state index in [1.807, 2.05) is 7.05 Å². The Labute approximate surface area is 112 Å². The van der Waals surface area contributed by atoms with Crippen LogP contribution in [-0.2, 0) is 0 Å². The molecule has 0 aromatic carbocycles. The number of amides is 1. The SMILES string of the molecule is CN(C(=O)c1ccc[nH]c1=O)C1CC2CCC(C1)N2. The molecule has 2 unspecified atom stereocenters. The third-order valence-electron chi connectivity index (χ3n) is 4.36. The van der Waals surface area contributed by atoms with Crippen LogP contribution in [0.15, 0.2) is 23.1 Å². The molecular formula is C14H19N3O2. The summed E-state index contributed by atoms with van der Waals surface area (Å²) in [6.45, 7) is 0. The normalized spacial score (nSPS) is 29.2. The minimum Gasteiger partial charge on any atom is -0.338 e. The fraction of sp³-hybridized carbons (Fsp3) is 0.571. The number of carbonyl (C=O) groups is 1. The van der Waals surface area contributed by atoms with Gasteiger partial charge in [-0.3, -0.25) is 9.59 Å². The van der Waals surface area contributed by atoms with Gasteiger partial charge in [-0.05, 0) is 37.8 Å². The number of fused-ring (bicyclic) bond motifs is 2. The molecule has 2 atom stereocenters. The molecule has 19 heavy (non-hydrogen) atoms. The maximum Gasteiger partial charge on any atom is 0.260 e. The lowest BCUT2D eigenvalue weighted by molar-refractivity contribution is 0.0680. The Bertz CT molecular complexity index is 527. The van der Waals surface area contributed by atoms with Crippen molar-refractivity contribution in [3.63, 3.8) is 0 Å². The van der Waals surface area contributed by atoms with Crippen LogP contribution in [0.1, 0.15) is 36.0 Å². The molecule has 3 rings (SSSR count). The van der Waals surface area contributed by atoms with E-state index in [9.17, 15) is 9.59 Å². The summed E-state index contributed by atoms with van der Waals surface area (Å²) in [5.74, 6) is -0.173. The molecule has 1 aromatic rings. The van der Waals surface area contributed by atoms with E-state index in [0.29, 0.717) is 12.1 Å². The fourth-order valence-electron chi connectivity index (χ4n) is 3.29. The van der Waals surface area contributed by atoms with Gasteiger partial charge in [-0.25, -0.2) is 0 Å². The second-order valence-corrected chi connectivity index (χ2v) is 5.59. The van der Waals surface area contributed by atoms with Crippen LogP contribution in [0.2, 0.25) is 0 Å². The first-order valence-corrected chi connectivity index (χ1v) is 6.86. The highest BCUT2D eigenvalue weighted by Gasteiger charge is 2.36. The van der Waals surface area contributed by atoms with Crippen molar-refractivity contribution in [3.8, 4) is 0 Å². The van der Waals surface area contributed by atoms with Crippen LogP contribution in [0.3, 0.4) is 0 Å². The Hall–Kier alpha value is -1.62. The molecule has 102 valence electrons. The van der Waals surface area contributed by atoms with Crippen molar-refractivity contribution in [2.75, 3.05) is 7.05 Å². The number of nitrogens with zero attached hydrogens (tertiary/aromatic N) is 1. The zero-order valence-corrected chi connectivity index (χ0v) is 11.1. The first-order valence-electron chi connectivity index (χ1n) is 6.86. The van der Waals surface area contributed by atoms with Gasteiger partial charge in [-0.2, -0.15) is 0 Å². The van der Waals surface area contributed by atoms with Crippen LogP contribution >= 0.6 is 0 Å². The standard InChI is InChI=1S/C14H19N3O2/c1-17(11-7-9-4-5-10(8-11)16-9)14(19)12-3-2-6-15-13(12)18/h2-3,6,9-11,16H,4-5,7-8H2,1H3,(H,15,18). The number of hydrogen-bond acceptors (Lipinski definition) is 3. The Kier molecular flexibility index (Phi) is 3.14. The lowest BCUT2D eigenvalue weighted by Gasteiger charge is -2.35. The highest BCUT2D eigenvalue weighted by molar-refractivity contribution is 5.93. The lowest BCUT2D eigenvalue weighted by Crippen LogP contribution is -2.49. The van der Waals surface area contributed by atoms with Crippen LogP contribution in [0.4, 0.5) is 0 Å². The van der Waals surface area contributed by atoms with E-state index in [4.69, 9.17) is 0 Å². The summed E-state index contributed by atoms with van der Waals surface area (Å²) in [6, 6.07) is 4.59. The average Bonchev–Trinajstić information content (AvgIpc) is 2.76. The lowest BCUT2D eigenvalue weighted by atomic mass is 9.98. The van der Waals surface area contributed by atoms with Gasteiger partial charge in [0.25, 0.3) is 11.5 Å². The average molecular weight is 261 g/mol. The molecule has 5 heteroatoms. The maximum atomic E-state index is 12.4. The fourth-order valence-corrected chi connectivity index (χ4v) is 3.29. The Morgan fingerprint density at radius 3 is 2.63 bits per heavy atom. The molecule has 1 aromatic heterocycles. The third-order valence-corrected chi connectivity index (χ3v) is 4.36. The van der Waals surface area contributed by atoms with Gasteiger partial charge in [0.1, 0.15) is 5.56 Å². The molecular weight excluding hydrogens is 242 g/mol. The number of rotatable bonds is 2. The van der Waals surface area contributed by atoms with E-state index in [-0.39, 0.29) is 23.1 Å². The second kappa shape index (κ2) is 4.81. The molecule has 0 radical (unpaired) electrons. The van der Waals surface area contributed by atoms with E-state index in [2.05, 4.69) is 10.3 Å². The number of nitrogens with one attached hydrogen (secondary N) is 2. The topological polar surface area (TPSA) is 65.2 Å². The number of aromatic amines is 1. The smallest absolute Gasteiger partial charge is 0.260 e. The zero-order chi connectivity index (χ0) is 13.4. The molecule has 2 fully saturated rings. The summed E-state index contributed by atoms with van der Waals surface area (Å²) in [7, 11) is 1.81. The second-order valence-electron chi connectivity index (χ2n) is 5.59. The largest absolute Gasteiger partial charge is 0.338 e. The predicted octanol–water partition coefficient (Wildman–Crippen LogP) is 0.730. The Morgan fingerprint density at radius 1 is 1.32 bits per heavy atom. The van der Waals surface area contributed by atoms with E-state index in [0.717, 1.165) is 12.8 Å². The van der Waals surface area contributed by atoms with Gasteiger partial charge >= 0.3 is 0 Å². The predicted molar refractivity (Wildman–Crippen MR) is 72.1 cm³/mol. The number of H-pyrrole nitrogens is 1. The highest BCUT2D eigenvalue weighted by Crippen LogP contribution is 2.29. The summed E-state index contributed by atoms with van der Waals surface area (Å²) < 4.78 is 0. The Morgan fingerprint density at radius 2 is 2.00 bits per heavy atom. The van der Waals surface area contributed by atoms with Crippen molar-refractivity contribution in [1.82, 2.24) is 15.2 Å². The first-order chi connectivity index (χ1) is 9.15. The number of carbonyl (C=O) groups excluding carboxylic acids is 1. The van der Waals surface area contributed by atoms with Crippen molar-refractivity contribution in [3.05, 3.63) is 34.2 Å². The van der Waals surface area contributed by atoms with Gasteiger partial charge < -0.3 is 15.2 Å². The molecule has 1 amide bonds. The van der Waals surface area contributed by atoms with E-state index < -0.39 is 0 Å². The van der Waals surface area contributed by atoms with Crippen LogP contribution in [0.5, 0.6) is 0 Å². The van der Waals surface area contributed by atoms with Gasteiger partial charge in [0, 0.05) is 31.4 Å². The number of aromatic nitrogens is 1. The van der Waals surface area contributed by atoms with Crippen molar-refractivity contribution in [1.29, 1.82) is 0 Å². The first kappa shape index (κ1) is 12.4. The maximum absolute atomic E-state index is 12.4. The molecule has 2 bridgehead atoms. The summed E-state index contributed by atoms with van der Waals surface area (Å²) in [4.78, 5) is 28.4. The van der Waals surface area contributed by atoms with Gasteiger partial charge in [-0.1, -0.05) is 0 Å². The van der Waals surface area contributed by atoms with Crippen molar-refractivity contribution in [2.45, 2.75) is 43.8 Å². The van der Waals surface area contributed by atoms with Gasteiger partial charge in [-0.15, -0.1) is 0 Å². The van der Waals surface area contributed by atoms with Crippen molar-refractivity contribution in [2.24, 2.45) is 0 Å². The molecule has 2 aliphatic rings. The Balaban J connectivity index is 1.77. The zero-order valence-electron chi connectivity index (χ0n) is 11.1. The van der Waals surface area contributed by atoms with E-state index in [1.54, 1.807) is 23.2 Å². The highest BCUT2D eigenvalue weighted by atomic mass is 16.2. The van der Waals surface area contributed by atoms with Crippen LogP contribution in [-0.4, -0.2) is 41.0 Å². The monoisotopic (exact) mass is 261 g/mol. The molecule has 5 nitrogen and oxygen atoms in total. The van der Waals surface area contributed by atoms with Gasteiger partial charge in [0.15, 0.2) is 0 Å². The van der Waals surface area contributed by atoms with Crippen LogP contribution in [0, 0.1) is 0 Å². The quantitative estimate of drug-likeness (QED) is 0.825. The minimum atomic E-state index is -0.309. The molecule has 2 saturated heterocycles. The van der Waals surface area contributed by atoms with E-state index >= 15 is 0 Å². The number of hydrogen-bond donors (Lipinski definition) is 2. The number of piperidine rings is 1. The van der Waals surface area contributed by atoms with Crippen molar-refractivity contribution < 1.29 is 4.79 Å². The van der Waals surface area contributed by atoms with E-state index in [1.165, 1.54) is 12.8 Å². The summed E-state index contributed by atoms with van der Waals surface area (Å²) in [5, 5.41) is 3.56. The summed E-state index contributed by atoms with van der Waals surface area (Å²) in [5.41, 5.74) is -0.0767. The molecule has 0 spiro atoms. The molecule has 3 heterocycles.